The molecule has 0 atom stereocenters. The lowest BCUT2D eigenvalue weighted by Gasteiger charge is -2.36. The number of carbonyl (C=O) groups is 3. The smallest absolute Gasteiger partial charge is 0.238 e. The van der Waals surface area contributed by atoms with E-state index in [1.165, 1.54) is 16.8 Å². The average molecular weight is 454 g/mol. The van der Waals surface area contributed by atoms with Crippen molar-refractivity contribution in [2.75, 3.05) is 42.9 Å². The number of hydrogen-bond donors (Lipinski definition) is 1. The molecule has 1 amide bonds. The predicted molar refractivity (Wildman–Crippen MR) is 133 cm³/mol. The summed E-state index contributed by atoms with van der Waals surface area (Å²) in [5.41, 5.74) is 5.62. The van der Waals surface area contributed by atoms with Crippen LogP contribution in [0.3, 0.4) is 0 Å². The van der Waals surface area contributed by atoms with Gasteiger partial charge in [0, 0.05) is 48.6 Å². The van der Waals surface area contributed by atoms with Crippen LogP contribution in [0, 0.1) is 13.8 Å². The minimum Gasteiger partial charge on any atom is -0.369 e. The third-order valence-electron chi connectivity index (χ3n) is 6.88. The zero-order chi connectivity index (χ0) is 23.8. The molecular weight excluding hydrogens is 426 g/mol. The number of nitrogens with zero attached hydrogens (tertiary/aromatic N) is 2. The number of ketones is 2. The van der Waals surface area contributed by atoms with Crippen LogP contribution in [0.4, 0.5) is 11.4 Å². The molecule has 1 fully saturated rings. The number of amides is 1. The Morgan fingerprint density at radius 3 is 2.18 bits per heavy atom. The summed E-state index contributed by atoms with van der Waals surface area (Å²) >= 11 is 0. The first-order valence-corrected chi connectivity index (χ1v) is 11.6. The van der Waals surface area contributed by atoms with Gasteiger partial charge in [-0.25, -0.2) is 0 Å². The summed E-state index contributed by atoms with van der Waals surface area (Å²) in [7, 11) is 0. The number of anilines is 2. The minimum absolute atomic E-state index is 0.187. The Kier molecular flexibility index (Phi) is 5.75. The fraction of sp³-hybridized carbons (Fsp3) is 0.250. The maximum atomic E-state index is 13.1. The summed E-state index contributed by atoms with van der Waals surface area (Å²) in [4.78, 5) is 43.4. The number of aryl methyl sites for hydroxylation is 1. The van der Waals surface area contributed by atoms with Crippen molar-refractivity contribution in [2.24, 2.45) is 0 Å². The average Bonchev–Trinajstić information content (AvgIpc) is 2.85. The van der Waals surface area contributed by atoms with Crippen molar-refractivity contribution < 1.29 is 14.4 Å². The highest BCUT2D eigenvalue weighted by molar-refractivity contribution is 6.30. The van der Waals surface area contributed by atoms with Crippen LogP contribution in [0.5, 0.6) is 0 Å². The topological polar surface area (TPSA) is 69.7 Å². The van der Waals surface area contributed by atoms with Crippen LogP contribution in [-0.2, 0) is 4.79 Å². The quantitative estimate of drug-likeness (QED) is 0.509. The summed E-state index contributed by atoms with van der Waals surface area (Å²) in [6, 6.07) is 18.2. The monoisotopic (exact) mass is 453 g/mol. The molecule has 3 aromatic carbocycles. The number of rotatable bonds is 4. The lowest BCUT2D eigenvalue weighted by atomic mass is 9.83. The Balaban J connectivity index is 1.26. The van der Waals surface area contributed by atoms with Crippen LogP contribution in [0.15, 0.2) is 60.7 Å². The Bertz CT molecular complexity index is 1310. The number of fused-ring (bicyclic) bond motifs is 2. The van der Waals surface area contributed by atoms with E-state index >= 15 is 0 Å². The van der Waals surface area contributed by atoms with Gasteiger partial charge in [-0.3, -0.25) is 19.3 Å². The normalized spacial score (nSPS) is 15.6. The number of carbonyl (C=O) groups excluding carboxylic acids is 3. The van der Waals surface area contributed by atoms with Gasteiger partial charge < -0.3 is 10.2 Å². The van der Waals surface area contributed by atoms with Crippen molar-refractivity contribution in [1.82, 2.24) is 4.90 Å². The maximum absolute atomic E-state index is 13.1. The first-order valence-electron chi connectivity index (χ1n) is 11.6. The predicted octanol–water partition coefficient (Wildman–Crippen LogP) is 3.84. The van der Waals surface area contributed by atoms with E-state index in [0.29, 0.717) is 22.4 Å². The summed E-state index contributed by atoms with van der Waals surface area (Å²) in [6.07, 6.45) is 0. The maximum Gasteiger partial charge on any atom is 0.238 e. The lowest BCUT2D eigenvalue weighted by molar-refractivity contribution is -0.117. The van der Waals surface area contributed by atoms with Crippen molar-refractivity contribution >= 4 is 28.8 Å². The standard InChI is InChI=1S/C28H27N3O3/c1-18-7-5-12-24(19(18)2)31-15-13-30(14-16-31)17-25(32)29-23-11-6-10-22-26(23)28(34)21-9-4-3-8-20(21)27(22)33/h3-12H,13-17H2,1-2H3,(H,29,32). The molecule has 0 saturated carbocycles. The van der Waals surface area contributed by atoms with E-state index in [1.54, 1.807) is 42.5 Å². The van der Waals surface area contributed by atoms with Crippen molar-refractivity contribution in [1.29, 1.82) is 0 Å². The molecule has 1 N–H and O–H groups in total. The number of benzene rings is 3. The second-order valence-electron chi connectivity index (χ2n) is 8.96. The van der Waals surface area contributed by atoms with E-state index in [9.17, 15) is 14.4 Å². The van der Waals surface area contributed by atoms with Gasteiger partial charge in [0.05, 0.1) is 17.8 Å². The molecule has 0 aromatic heterocycles. The van der Waals surface area contributed by atoms with Crippen LogP contribution in [0.1, 0.15) is 43.0 Å². The van der Waals surface area contributed by atoms with Gasteiger partial charge in [-0.1, -0.05) is 48.5 Å². The van der Waals surface area contributed by atoms with E-state index in [2.05, 4.69) is 47.2 Å². The summed E-state index contributed by atoms with van der Waals surface area (Å²) in [6.45, 7) is 7.76. The van der Waals surface area contributed by atoms with Crippen molar-refractivity contribution in [3.05, 3.63) is 94.0 Å². The SMILES string of the molecule is Cc1cccc(N2CCN(CC(=O)Nc3cccc4c3C(=O)c3ccccc3C4=O)CC2)c1C. The molecule has 34 heavy (non-hydrogen) atoms. The molecule has 6 heteroatoms. The Labute approximate surface area is 199 Å². The Morgan fingerprint density at radius 1 is 0.794 bits per heavy atom. The molecule has 0 bridgehead atoms. The molecule has 0 radical (unpaired) electrons. The van der Waals surface area contributed by atoms with E-state index in [1.807, 2.05) is 0 Å². The molecule has 1 aliphatic heterocycles. The van der Waals surface area contributed by atoms with Crippen LogP contribution in [-0.4, -0.2) is 55.1 Å². The van der Waals surface area contributed by atoms with E-state index in [-0.39, 0.29) is 29.6 Å². The van der Waals surface area contributed by atoms with E-state index in [4.69, 9.17) is 0 Å². The van der Waals surface area contributed by atoms with Crippen LogP contribution < -0.4 is 10.2 Å². The molecule has 2 aliphatic rings. The molecule has 1 aliphatic carbocycles. The van der Waals surface area contributed by atoms with Crippen LogP contribution >= 0.6 is 0 Å². The van der Waals surface area contributed by atoms with E-state index in [0.717, 1.165) is 26.2 Å². The van der Waals surface area contributed by atoms with Gasteiger partial charge in [0.15, 0.2) is 11.6 Å². The fourth-order valence-electron chi connectivity index (χ4n) is 4.87. The molecule has 0 unspecified atom stereocenters. The largest absolute Gasteiger partial charge is 0.369 e. The van der Waals surface area contributed by atoms with Crippen molar-refractivity contribution in [2.45, 2.75) is 13.8 Å². The van der Waals surface area contributed by atoms with Crippen LogP contribution in [0.25, 0.3) is 0 Å². The second-order valence-corrected chi connectivity index (χ2v) is 8.96. The molecule has 1 saturated heterocycles. The zero-order valence-corrected chi connectivity index (χ0v) is 19.4. The highest BCUT2D eigenvalue weighted by atomic mass is 16.2. The third-order valence-corrected chi connectivity index (χ3v) is 6.88. The highest BCUT2D eigenvalue weighted by Crippen LogP contribution is 2.32. The van der Waals surface area contributed by atoms with Gasteiger partial charge in [-0.05, 0) is 37.1 Å². The summed E-state index contributed by atoms with van der Waals surface area (Å²) in [5.74, 6) is -0.611. The number of nitrogens with one attached hydrogen (secondary N) is 1. The molecule has 6 nitrogen and oxygen atoms in total. The summed E-state index contributed by atoms with van der Waals surface area (Å²) in [5, 5.41) is 2.89. The van der Waals surface area contributed by atoms with Crippen molar-refractivity contribution in [3.63, 3.8) is 0 Å². The van der Waals surface area contributed by atoms with Crippen LogP contribution in [0.2, 0.25) is 0 Å². The molecule has 0 spiro atoms. The molecule has 3 aromatic rings. The van der Waals surface area contributed by atoms with Crippen molar-refractivity contribution in [3.8, 4) is 0 Å². The first-order chi connectivity index (χ1) is 16.4. The van der Waals surface area contributed by atoms with Gasteiger partial charge in [0.1, 0.15) is 0 Å². The van der Waals surface area contributed by atoms with Gasteiger partial charge in [0.2, 0.25) is 5.91 Å². The highest BCUT2D eigenvalue weighted by Gasteiger charge is 2.32. The lowest BCUT2D eigenvalue weighted by Crippen LogP contribution is -2.49. The van der Waals surface area contributed by atoms with Gasteiger partial charge in [-0.2, -0.15) is 0 Å². The molecular formula is C28H27N3O3. The number of piperazine rings is 1. The molecule has 1 heterocycles. The Hall–Kier alpha value is -3.77. The Morgan fingerprint density at radius 2 is 1.44 bits per heavy atom. The molecule has 172 valence electrons. The number of hydrogen-bond acceptors (Lipinski definition) is 5. The first kappa shape index (κ1) is 22.0. The van der Waals surface area contributed by atoms with Gasteiger partial charge in [-0.15, -0.1) is 0 Å². The minimum atomic E-state index is -0.233. The third kappa shape index (κ3) is 3.90. The zero-order valence-electron chi connectivity index (χ0n) is 19.4. The fourth-order valence-corrected chi connectivity index (χ4v) is 4.87. The second kappa shape index (κ2) is 8.88. The molecule has 5 rings (SSSR count). The van der Waals surface area contributed by atoms with E-state index < -0.39 is 0 Å². The van der Waals surface area contributed by atoms with Gasteiger partial charge in [0.25, 0.3) is 0 Å². The summed E-state index contributed by atoms with van der Waals surface area (Å²) < 4.78 is 0. The van der Waals surface area contributed by atoms with Gasteiger partial charge >= 0.3 is 0 Å².